The molecule has 0 radical (unpaired) electrons. The Balaban J connectivity index is 1.73. The number of amides is 1. The Kier molecular flexibility index (Phi) is 4.08. The van der Waals surface area contributed by atoms with Gasteiger partial charge < -0.3 is 11.1 Å². The van der Waals surface area contributed by atoms with E-state index in [0.717, 1.165) is 19.3 Å². The van der Waals surface area contributed by atoms with Gasteiger partial charge in [-0.2, -0.15) is 0 Å². The van der Waals surface area contributed by atoms with Crippen LogP contribution in [0, 0.1) is 11.8 Å². The molecule has 0 spiro atoms. The molecule has 2 unspecified atom stereocenters. The molecule has 1 aliphatic carbocycles. The summed E-state index contributed by atoms with van der Waals surface area (Å²) in [7, 11) is 0. The van der Waals surface area contributed by atoms with Crippen LogP contribution in [0.5, 0.6) is 0 Å². The van der Waals surface area contributed by atoms with Crippen LogP contribution in [0.3, 0.4) is 0 Å². The van der Waals surface area contributed by atoms with E-state index in [4.69, 9.17) is 5.73 Å². The molecule has 0 bridgehead atoms. The van der Waals surface area contributed by atoms with Crippen LogP contribution >= 0.6 is 0 Å². The summed E-state index contributed by atoms with van der Waals surface area (Å²) in [5, 5.41) is 10.5. The molecule has 1 aromatic rings. The predicted octanol–water partition coefficient (Wildman–Crippen LogP) is -0.231. The molecular weight excluding hydrogens is 218 g/mol. The predicted molar refractivity (Wildman–Crippen MR) is 62.9 cm³/mol. The fourth-order valence-electron chi connectivity index (χ4n) is 2.44. The van der Waals surface area contributed by atoms with Gasteiger partial charge in [0.1, 0.15) is 0 Å². The number of carbonyl (C=O) groups excluding carboxylic acids is 1. The first kappa shape index (κ1) is 12.0. The number of aromatic nitrogens is 3. The van der Waals surface area contributed by atoms with Gasteiger partial charge in [0.25, 0.3) is 0 Å². The molecule has 3 N–H and O–H groups in total. The topological polar surface area (TPSA) is 85.8 Å². The molecule has 1 aromatic heterocycles. The molecule has 1 saturated carbocycles. The zero-order valence-corrected chi connectivity index (χ0v) is 9.88. The van der Waals surface area contributed by atoms with Crippen molar-refractivity contribution in [3.05, 3.63) is 12.4 Å². The number of hydrogen-bond donors (Lipinski definition) is 2. The summed E-state index contributed by atoms with van der Waals surface area (Å²) in [4.78, 5) is 11.9. The smallest absolute Gasteiger partial charge is 0.223 e. The van der Waals surface area contributed by atoms with Gasteiger partial charge in [-0.25, -0.2) is 0 Å². The Morgan fingerprint density at radius 3 is 3.12 bits per heavy atom. The summed E-state index contributed by atoms with van der Waals surface area (Å²) >= 11 is 0. The SMILES string of the molecule is NCC1CCCC1C(=O)NCCn1ccnn1. The van der Waals surface area contributed by atoms with Crippen molar-refractivity contribution in [1.29, 1.82) is 0 Å². The lowest BCUT2D eigenvalue weighted by Crippen LogP contribution is -2.36. The number of rotatable bonds is 5. The molecule has 6 nitrogen and oxygen atoms in total. The second-order valence-corrected chi connectivity index (χ2v) is 4.49. The van der Waals surface area contributed by atoms with Crippen molar-refractivity contribution in [3.63, 3.8) is 0 Å². The highest BCUT2D eigenvalue weighted by Gasteiger charge is 2.31. The fraction of sp³-hybridized carbons (Fsp3) is 0.727. The van der Waals surface area contributed by atoms with Crippen LogP contribution in [-0.2, 0) is 11.3 Å². The minimum atomic E-state index is 0.107. The molecular formula is C11H19N5O. The third kappa shape index (κ3) is 3.03. The van der Waals surface area contributed by atoms with E-state index < -0.39 is 0 Å². The third-order valence-electron chi connectivity index (χ3n) is 3.41. The average molecular weight is 237 g/mol. The fourth-order valence-corrected chi connectivity index (χ4v) is 2.44. The molecule has 1 aliphatic rings. The quantitative estimate of drug-likeness (QED) is 0.740. The molecule has 1 amide bonds. The Morgan fingerprint density at radius 1 is 1.53 bits per heavy atom. The van der Waals surface area contributed by atoms with Gasteiger partial charge in [0.2, 0.25) is 5.91 Å². The maximum atomic E-state index is 11.9. The Bertz CT molecular complexity index is 351. The van der Waals surface area contributed by atoms with E-state index >= 15 is 0 Å². The van der Waals surface area contributed by atoms with Gasteiger partial charge in [0.15, 0.2) is 0 Å². The van der Waals surface area contributed by atoms with Crippen LogP contribution in [-0.4, -0.2) is 34.0 Å². The largest absolute Gasteiger partial charge is 0.354 e. The monoisotopic (exact) mass is 237 g/mol. The van der Waals surface area contributed by atoms with Gasteiger partial charge in [-0.1, -0.05) is 11.6 Å². The minimum absolute atomic E-state index is 0.107. The number of nitrogens with zero attached hydrogens (tertiary/aromatic N) is 3. The summed E-state index contributed by atoms with van der Waals surface area (Å²) in [6.45, 7) is 1.86. The van der Waals surface area contributed by atoms with E-state index in [1.807, 2.05) is 0 Å². The highest BCUT2D eigenvalue weighted by molar-refractivity contribution is 5.79. The zero-order valence-electron chi connectivity index (χ0n) is 9.88. The van der Waals surface area contributed by atoms with Gasteiger partial charge in [-0.05, 0) is 25.3 Å². The summed E-state index contributed by atoms with van der Waals surface area (Å²) in [6.07, 6.45) is 6.57. The molecule has 94 valence electrons. The van der Waals surface area contributed by atoms with Gasteiger partial charge >= 0.3 is 0 Å². The van der Waals surface area contributed by atoms with Gasteiger partial charge in [0, 0.05) is 18.7 Å². The van der Waals surface area contributed by atoms with Crippen molar-refractivity contribution in [1.82, 2.24) is 20.3 Å². The average Bonchev–Trinajstić information content (AvgIpc) is 2.99. The Labute approximate surface area is 101 Å². The molecule has 0 saturated heterocycles. The normalized spacial score (nSPS) is 23.8. The first-order valence-electron chi connectivity index (χ1n) is 6.13. The van der Waals surface area contributed by atoms with Crippen molar-refractivity contribution >= 4 is 5.91 Å². The van der Waals surface area contributed by atoms with Gasteiger partial charge in [0.05, 0.1) is 12.7 Å². The van der Waals surface area contributed by atoms with E-state index in [1.165, 1.54) is 0 Å². The Hall–Kier alpha value is -1.43. The summed E-state index contributed by atoms with van der Waals surface area (Å²) in [5.41, 5.74) is 5.67. The molecule has 2 atom stereocenters. The molecule has 0 aromatic carbocycles. The first-order valence-corrected chi connectivity index (χ1v) is 6.13. The van der Waals surface area contributed by atoms with Crippen LogP contribution < -0.4 is 11.1 Å². The zero-order chi connectivity index (χ0) is 12.1. The van der Waals surface area contributed by atoms with Crippen molar-refractivity contribution in [2.45, 2.75) is 25.8 Å². The maximum absolute atomic E-state index is 11.9. The summed E-state index contributed by atoms with van der Waals surface area (Å²) in [5.74, 6) is 0.607. The molecule has 17 heavy (non-hydrogen) atoms. The van der Waals surface area contributed by atoms with Crippen molar-refractivity contribution in [2.24, 2.45) is 17.6 Å². The van der Waals surface area contributed by atoms with E-state index in [9.17, 15) is 4.79 Å². The number of nitrogens with two attached hydrogens (primary N) is 1. The third-order valence-corrected chi connectivity index (χ3v) is 3.41. The lowest BCUT2D eigenvalue weighted by atomic mass is 9.95. The number of hydrogen-bond acceptors (Lipinski definition) is 4. The Morgan fingerprint density at radius 2 is 2.41 bits per heavy atom. The van der Waals surface area contributed by atoms with E-state index in [-0.39, 0.29) is 11.8 Å². The van der Waals surface area contributed by atoms with Crippen molar-refractivity contribution in [3.8, 4) is 0 Å². The van der Waals surface area contributed by atoms with Crippen LogP contribution in [0.2, 0.25) is 0 Å². The molecule has 1 heterocycles. The van der Waals surface area contributed by atoms with Crippen LogP contribution in [0.1, 0.15) is 19.3 Å². The van der Waals surface area contributed by atoms with Crippen molar-refractivity contribution < 1.29 is 4.79 Å². The van der Waals surface area contributed by atoms with Crippen LogP contribution in [0.15, 0.2) is 12.4 Å². The van der Waals surface area contributed by atoms with E-state index in [0.29, 0.717) is 25.6 Å². The van der Waals surface area contributed by atoms with Crippen LogP contribution in [0.25, 0.3) is 0 Å². The lowest BCUT2D eigenvalue weighted by Gasteiger charge is -2.17. The van der Waals surface area contributed by atoms with E-state index in [1.54, 1.807) is 17.1 Å². The molecule has 0 aliphatic heterocycles. The lowest BCUT2D eigenvalue weighted by molar-refractivity contribution is -0.125. The maximum Gasteiger partial charge on any atom is 0.223 e. The standard InChI is InChI=1S/C11H19N5O/c12-8-9-2-1-3-10(9)11(17)13-4-6-16-7-5-14-15-16/h5,7,9-10H,1-4,6,8,12H2,(H,13,17). The van der Waals surface area contributed by atoms with Gasteiger partial charge in [-0.15, -0.1) is 5.10 Å². The highest BCUT2D eigenvalue weighted by atomic mass is 16.1. The molecule has 2 rings (SSSR count). The summed E-state index contributed by atoms with van der Waals surface area (Å²) < 4.78 is 1.70. The summed E-state index contributed by atoms with van der Waals surface area (Å²) in [6, 6.07) is 0. The van der Waals surface area contributed by atoms with Gasteiger partial charge in [-0.3, -0.25) is 9.48 Å². The van der Waals surface area contributed by atoms with Crippen LogP contribution in [0.4, 0.5) is 0 Å². The van der Waals surface area contributed by atoms with Crippen molar-refractivity contribution in [2.75, 3.05) is 13.1 Å². The number of carbonyl (C=O) groups is 1. The second-order valence-electron chi connectivity index (χ2n) is 4.49. The second kappa shape index (κ2) is 5.77. The number of nitrogens with one attached hydrogen (secondary N) is 1. The highest BCUT2D eigenvalue weighted by Crippen LogP contribution is 2.30. The van der Waals surface area contributed by atoms with E-state index in [2.05, 4.69) is 15.6 Å². The minimum Gasteiger partial charge on any atom is -0.354 e. The molecule has 1 fully saturated rings. The first-order chi connectivity index (χ1) is 8.31. The molecule has 6 heteroatoms.